The topological polar surface area (TPSA) is 52.8 Å². The summed E-state index contributed by atoms with van der Waals surface area (Å²) in [7, 11) is 0. The summed E-state index contributed by atoms with van der Waals surface area (Å²) < 4.78 is 0. The van der Waals surface area contributed by atoms with Crippen molar-refractivity contribution in [3.05, 3.63) is 30.3 Å². The third-order valence-electron chi connectivity index (χ3n) is 5.36. The minimum atomic E-state index is 0.265. The van der Waals surface area contributed by atoms with Crippen LogP contribution in [-0.4, -0.2) is 67.6 Å². The third kappa shape index (κ3) is 4.28. The average Bonchev–Trinajstić information content (AvgIpc) is 2.67. The van der Waals surface area contributed by atoms with Crippen molar-refractivity contribution >= 4 is 11.6 Å². The molecule has 0 bridgehead atoms. The summed E-state index contributed by atoms with van der Waals surface area (Å²) >= 11 is 0. The Hall–Kier alpha value is -1.59. The Morgan fingerprint density at radius 2 is 1.79 bits per heavy atom. The molecular weight excluding hydrogens is 300 g/mol. The Labute approximate surface area is 145 Å². The van der Waals surface area contributed by atoms with Gasteiger partial charge in [-0.1, -0.05) is 18.2 Å². The zero-order valence-corrected chi connectivity index (χ0v) is 14.6. The monoisotopic (exact) mass is 330 g/mol. The summed E-state index contributed by atoms with van der Waals surface area (Å²) in [5, 5.41) is 0. The van der Waals surface area contributed by atoms with E-state index in [1.807, 2.05) is 4.90 Å². The number of hydrogen-bond donors (Lipinski definition) is 1. The number of para-hydroxylation sites is 1. The van der Waals surface area contributed by atoms with Crippen molar-refractivity contribution in [3.8, 4) is 0 Å². The maximum Gasteiger partial charge on any atom is 0.224 e. The van der Waals surface area contributed by atoms with Crippen molar-refractivity contribution in [2.24, 2.45) is 5.73 Å². The average molecular weight is 330 g/mol. The number of nitrogens with two attached hydrogens (primary N) is 1. The summed E-state index contributed by atoms with van der Waals surface area (Å²) in [5.74, 6) is 0.288. The van der Waals surface area contributed by atoms with E-state index in [0.29, 0.717) is 13.0 Å². The lowest BCUT2D eigenvalue weighted by Gasteiger charge is -2.38. The minimum Gasteiger partial charge on any atom is -0.369 e. The van der Waals surface area contributed by atoms with Crippen LogP contribution in [0.1, 0.15) is 25.7 Å². The van der Waals surface area contributed by atoms with Crippen LogP contribution in [-0.2, 0) is 4.79 Å². The lowest BCUT2D eigenvalue weighted by molar-refractivity contribution is -0.135. The molecule has 5 heteroatoms. The number of anilines is 1. The van der Waals surface area contributed by atoms with E-state index in [1.165, 1.54) is 12.1 Å². The molecule has 132 valence electrons. The molecule has 1 amide bonds. The molecule has 0 saturated carbocycles. The molecule has 2 heterocycles. The standard InChI is InChI=1S/C19H30N4O/c20-16-18-8-4-5-10-23(18)19(24)9-11-21-12-14-22(15-13-21)17-6-2-1-3-7-17/h1-3,6-7,18H,4-5,8-16,20H2. The Balaban J connectivity index is 1.42. The first kappa shape index (κ1) is 17.2. The number of carbonyl (C=O) groups is 1. The molecule has 0 radical (unpaired) electrons. The van der Waals surface area contributed by atoms with Crippen LogP contribution in [0.15, 0.2) is 30.3 Å². The van der Waals surface area contributed by atoms with E-state index in [-0.39, 0.29) is 11.9 Å². The van der Waals surface area contributed by atoms with Gasteiger partial charge in [0.15, 0.2) is 0 Å². The van der Waals surface area contributed by atoms with E-state index in [1.54, 1.807) is 0 Å². The smallest absolute Gasteiger partial charge is 0.224 e. The van der Waals surface area contributed by atoms with Crippen molar-refractivity contribution < 1.29 is 4.79 Å². The van der Waals surface area contributed by atoms with Gasteiger partial charge >= 0.3 is 0 Å². The van der Waals surface area contributed by atoms with Crippen LogP contribution in [0.2, 0.25) is 0 Å². The molecule has 1 atom stereocenters. The van der Waals surface area contributed by atoms with Gasteiger partial charge in [0.1, 0.15) is 0 Å². The number of nitrogens with zero attached hydrogens (tertiary/aromatic N) is 3. The van der Waals surface area contributed by atoms with Gasteiger partial charge in [0, 0.05) is 64.0 Å². The highest BCUT2D eigenvalue weighted by molar-refractivity contribution is 5.76. The number of carbonyl (C=O) groups excluding carboxylic acids is 1. The van der Waals surface area contributed by atoms with Crippen LogP contribution >= 0.6 is 0 Å². The second-order valence-electron chi connectivity index (χ2n) is 6.89. The molecule has 2 aliphatic heterocycles. The van der Waals surface area contributed by atoms with Gasteiger partial charge in [0.2, 0.25) is 5.91 Å². The highest BCUT2D eigenvalue weighted by atomic mass is 16.2. The van der Waals surface area contributed by atoms with Crippen LogP contribution in [0.25, 0.3) is 0 Å². The van der Waals surface area contributed by atoms with Gasteiger partial charge in [-0.3, -0.25) is 9.69 Å². The number of benzene rings is 1. The highest BCUT2D eigenvalue weighted by Crippen LogP contribution is 2.18. The molecular formula is C19H30N4O. The normalized spacial score (nSPS) is 22.6. The molecule has 0 aromatic heterocycles. The van der Waals surface area contributed by atoms with Crippen LogP contribution in [0.4, 0.5) is 5.69 Å². The van der Waals surface area contributed by atoms with E-state index in [9.17, 15) is 4.79 Å². The van der Waals surface area contributed by atoms with Gasteiger partial charge < -0.3 is 15.5 Å². The van der Waals surface area contributed by atoms with Crippen molar-refractivity contribution in [1.82, 2.24) is 9.80 Å². The van der Waals surface area contributed by atoms with Crippen molar-refractivity contribution in [2.75, 3.05) is 50.7 Å². The van der Waals surface area contributed by atoms with E-state index in [0.717, 1.165) is 52.1 Å². The molecule has 0 spiro atoms. The van der Waals surface area contributed by atoms with Crippen LogP contribution in [0, 0.1) is 0 Å². The molecule has 2 fully saturated rings. The third-order valence-corrected chi connectivity index (χ3v) is 5.36. The zero-order chi connectivity index (χ0) is 16.8. The van der Waals surface area contributed by atoms with Gasteiger partial charge in [0.25, 0.3) is 0 Å². The molecule has 0 aliphatic carbocycles. The second-order valence-corrected chi connectivity index (χ2v) is 6.89. The lowest BCUT2D eigenvalue weighted by Crippen LogP contribution is -2.50. The predicted molar refractivity (Wildman–Crippen MR) is 98.1 cm³/mol. The second kappa shape index (κ2) is 8.49. The number of likely N-dealkylation sites (tertiary alicyclic amines) is 1. The van der Waals surface area contributed by atoms with E-state index < -0.39 is 0 Å². The quantitative estimate of drug-likeness (QED) is 0.890. The summed E-state index contributed by atoms with van der Waals surface area (Å²) in [6, 6.07) is 10.8. The molecule has 24 heavy (non-hydrogen) atoms. The minimum absolute atomic E-state index is 0.265. The molecule has 3 rings (SSSR count). The Kier molecular flexibility index (Phi) is 6.10. The van der Waals surface area contributed by atoms with E-state index in [4.69, 9.17) is 5.73 Å². The predicted octanol–water partition coefficient (Wildman–Crippen LogP) is 1.54. The number of amides is 1. The first-order valence-electron chi connectivity index (χ1n) is 9.30. The maximum atomic E-state index is 12.5. The molecule has 5 nitrogen and oxygen atoms in total. The molecule has 1 unspecified atom stereocenters. The van der Waals surface area contributed by atoms with Crippen LogP contribution in [0.3, 0.4) is 0 Å². The van der Waals surface area contributed by atoms with Crippen molar-refractivity contribution in [2.45, 2.75) is 31.7 Å². The summed E-state index contributed by atoms with van der Waals surface area (Å²) in [5.41, 5.74) is 7.13. The SMILES string of the molecule is NCC1CCCCN1C(=O)CCN1CCN(c2ccccc2)CC1. The number of piperazine rings is 1. The van der Waals surface area contributed by atoms with E-state index in [2.05, 4.69) is 40.1 Å². The molecule has 2 N–H and O–H groups in total. The Morgan fingerprint density at radius 1 is 1.04 bits per heavy atom. The van der Waals surface area contributed by atoms with Crippen LogP contribution < -0.4 is 10.6 Å². The number of hydrogen-bond acceptors (Lipinski definition) is 4. The fraction of sp³-hybridized carbons (Fsp3) is 0.632. The molecule has 1 aromatic carbocycles. The summed E-state index contributed by atoms with van der Waals surface area (Å²) in [6.07, 6.45) is 4.02. The highest BCUT2D eigenvalue weighted by Gasteiger charge is 2.26. The summed E-state index contributed by atoms with van der Waals surface area (Å²) in [4.78, 5) is 19.4. The first-order chi connectivity index (χ1) is 11.8. The maximum absolute atomic E-state index is 12.5. The van der Waals surface area contributed by atoms with Gasteiger partial charge in [-0.2, -0.15) is 0 Å². The Morgan fingerprint density at radius 3 is 2.50 bits per heavy atom. The van der Waals surface area contributed by atoms with Crippen molar-refractivity contribution in [3.63, 3.8) is 0 Å². The Bertz CT molecular complexity index is 513. The largest absolute Gasteiger partial charge is 0.369 e. The molecule has 2 saturated heterocycles. The van der Waals surface area contributed by atoms with E-state index >= 15 is 0 Å². The fourth-order valence-corrected chi connectivity index (χ4v) is 3.84. The van der Waals surface area contributed by atoms with Gasteiger partial charge in [-0.15, -0.1) is 0 Å². The first-order valence-corrected chi connectivity index (χ1v) is 9.30. The van der Waals surface area contributed by atoms with Crippen molar-refractivity contribution in [1.29, 1.82) is 0 Å². The molecule has 1 aromatic rings. The molecule has 2 aliphatic rings. The van der Waals surface area contributed by atoms with Crippen LogP contribution in [0.5, 0.6) is 0 Å². The zero-order valence-electron chi connectivity index (χ0n) is 14.6. The lowest BCUT2D eigenvalue weighted by atomic mass is 10.0. The number of rotatable bonds is 5. The number of piperidine rings is 1. The van der Waals surface area contributed by atoms with Gasteiger partial charge in [-0.05, 0) is 31.4 Å². The summed E-state index contributed by atoms with van der Waals surface area (Å²) in [6.45, 7) is 6.49. The van der Waals surface area contributed by atoms with Gasteiger partial charge in [0.05, 0.1) is 0 Å². The fourth-order valence-electron chi connectivity index (χ4n) is 3.84. The van der Waals surface area contributed by atoms with Gasteiger partial charge in [-0.25, -0.2) is 0 Å².